The predicted molar refractivity (Wildman–Crippen MR) is 116 cm³/mol. The summed E-state index contributed by atoms with van der Waals surface area (Å²) >= 11 is 0. The molecule has 1 aliphatic carbocycles. The van der Waals surface area contributed by atoms with Gasteiger partial charge in [0, 0.05) is 0 Å². The molecule has 33 heavy (non-hydrogen) atoms. The standard InChI is InChI=1S/C20H35N2O10P/c1-10-29-33(27,30-11-2)21-14(23)13-12-20(13,15(24)28-9)22(16(25)31-18(3,4)5)17(26)32-19(6,7)8/h13H,10-12H2,1-9H3,(H,21,23,27)/t13-,20?/m0/s1. The highest BCUT2D eigenvalue weighted by molar-refractivity contribution is 7.52. The molecule has 3 amide bonds. The van der Waals surface area contributed by atoms with Gasteiger partial charge in [0.1, 0.15) is 11.2 Å². The van der Waals surface area contributed by atoms with Crippen LogP contribution in [0, 0.1) is 5.92 Å². The lowest BCUT2D eigenvalue weighted by molar-refractivity contribution is -0.150. The van der Waals surface area contributed by atoms with Gasteiger partial charge in [-0.25, -0.2) is 18.9 Å². The Hall–Kier alpha value is -2.17. The van der Waals surface area contributed by atoms with E-state index in [0.29, 0.717) is 4.90 Å². The largest absolute Gasteiger partial charge is 0.467 e. The van der Waals surface area contributed by atoms with Gasteiger partial charge >= 0.3 is 25.9 Å². The Kier molecular flexibility index (Phi) is 9.09. The molecule has 1 saturated carbocycles. The van der Waals surface area contributed by atoms with Crippen LogP contribution in [0.5, 0.6) is 0 Å². The molecule has 0 bridgehead atoms. The van der Waals surface area contributed by atoms with Crippen molar-refractivity contribution in [1.29, 1.82) is 0 Å². The van der Waals surface area contributed by atoms with E-state index in [1.807, 2.05) is 0 Å². The van der Waals surface area contributed by atoms with E-state index in [1.54, 1.807) is 55.4 Å². The minimum atomic E-state index is -4.03. The maximum absolute atomic E-state index is 13.0. The number of nitrogens with zero attached hydrogens (tertiary/aromatic N) is 1. The lowest BCUT2D eigenvalue weighted by atomic mass is 10.1. The van der Waals surface area contributed by atoms with Crippen LogP contribution in [0.3, 0.4) is 0 Å². The summed E-state index contributed by atoms with van der Waals surface area (Å²) in [4.78, 5) is 52.2. The fraction of sp³-hybridized carbons (Fsp3) is 0.800. The molecule has 13 heteroatoms. The number of carbonyl (C=O) groups excluding carboxylic acids is 4. The van der Waals surface area contributed by atoms with Gasteiger partial charge < -0.3 is 14.2 Å². The number of rotatable bonds is 8. The highest BCUT2D eigenvalue weighted by Gasteiger charge is 2.73. The Morgan fingerprint density at radius 3 is 1.70 bits per heavy atom. The maximum atomic E-state index is 13.0. The van der Waals surface area contributed by atoms with Crippen molar-refractivity contribution in [1.82, 2.24) is 9.99 Å². The minimum Gasteiger partial charge on any atom is -0.467 e. The zero-order valence-electron chi connectivity index (χ0n) is 20.7. The number of amides is 3. The lowest BCUT2D eigenvalue weighted by Gasteiger charge is -2.33. The molecule has 0 saturated heterocycles. The van der Waals surface area contributed by atoms with Crippen molar-refractivity contribution in [2.45, 2.75) is 78.6 Å². The van der Waals surface area contributed by atoms with E-state index in [1.165, 1.54) is 0 Å². The van der Waals surface area contributed by atoms with E-state index in [9.17, 15) is 23.7 Å². The first-order valence-electron chi connectivity index (χ1n) is 10.5. The lowest BCUT2D eigenvalue weighted by Crippen LogP contribution is -2.56. The smallest absolute Gasteiger partial charge is 0.434 e. The molecule has 1 rings (SSSR count). The van der Waals surface area contributed by atoms with Gasteiger partial charge in [-0.3, -0.25) is 18.9 Å². The fourth-order valence-corrected chi connectivity index (χ4v) is 4.28. The molecule has 0 spiro atoms. The van der Waals surface area contributed by atoms with Crippen LogP contribution in [0.2, 0.25) is 0 Å². The van der Waals surface area contributed by atoms with Gasteiger partial charge in [0.15, 0.2) is 5.54 Å². The summed E-state index contributed by atoms with van der Waals surface area (Å²) in [5.74, 6) is -3.27. The van der Waals surface area contributed by atoms with Crippen LogP contribution in [0.25, 0.3) is 0 Å². The van der Waals surface area contributed by atoms with Gasteiger partial charge in [-0.15, -0.1) is 0 Å². The molecule has 0 aromatic carbocycles. The average molecular weight is 494 g/mol. The number of methoxy groups -OCH3 is 1. The Bertz CT molecular complexity index is 779. The Morgan fingerprint density at radius 1 is 0.939 bits per heavy atom. The number of ether oxygens (including phenoxy) is 3. The third kappa shape index (κ3) is 7.41. The molecule has 0 heterocycles. The molecule has 0 aliphatic heterocycles. The Balaban J connectivity index is 3.41. The molecule has 0 radical (unpaired) electrons. The van der Waals surface area contributed by atoms with Crippen molar-refractivity contribution in [3.05, 3.63) is 0 Å². The zero-order chi connectivity index (χ0) is 25.8. The summed E-state index contributed by atoms with van der Waals surface area (Å²) in [5.41, 5.74) is -4.12. The first-order chi connectivity index (χ1) is 15.0. The minimum absolute atomic E-state index is 0.0215. The van der Waals surface area contributed by atoms with Crippen LogP contribution >= 0.6 is 7.75 Å². The third-order valence-electron chi connectivity index (χ3n) is 4.18. The van der Waals surface area contributed by atoms with E-state index < -0.39 is 54.5 Å². The number of hydrogen-bond acceptors (Lipinski definition) is 10. The summed E-state index contributed by atoms with van der Waals surface area (Å²) in [6.07, 6.45) is -2.70. The number of carbonyl (C=O) groups is 4. The molecule has 1 aliphatic rings. The molecular weight excluding hydrogens is 459 g/mol. The maximum Gasteiger partial charge on any atom is 0.434 e. The van der Waals surface area contributed by atoms with Crippen molar-refractivity contribution in [3.63, 3.8) is 0 Å². The number of nitrogens with one attached hydrogen (secondary N) is 1. The van der Waals surface area contributed by atoms with E-state index >= 15 is 0 Å². The van der Waals surface area contributed by atoms with E-state index in [0.717, 1.165) is 7.11 Å². The van der Waals surface area contributed by atoms with Crippen LogP contribution in [-0.4, -0.2) is 66.0 Å². The van der Waals surface area contributed by atoms with Crippen molar-refractivity contribution in [2.24, 2.45) is 5.92 Å². The monoisotopic (exact) mass is 494 g/mol. The molecule has 0 aromatic heterocycles. The second kappa shape index (κ2) is 10.4. The Labute approximate surface area is 194 Å². The van der Waals surface area contributed by atoms with Crippen LogP contribution in [0.15, 0.2) is 0 Å². The van der Waals surface area contributed by atoms with Gasteiger partial charge in [-0.2, -0.15) is 4.90 Å². The number of imide groups is 1. The molecule has 1 unspecified atom stereocenters. The third-order valence-corrected chi connectivity index (χ3v) is 5.87. The summed E-state index contributed by atoms with van der Waals surface area (Å²) in [5, 5.41) is 2.15. The van der Waals surface area contributed by atoms with Gasteiger partial charge in [0.05, 0.1) is 26.2 Å². The topological polar surface area (TPSA) is 147 Å². The van der Waals surface area contributed by atoms with Gasteiger partial charge in [0.2, 0.25) is 5.91 Å². The molecular formula is C20H35N2O10P. The fourth-order valence-electron chi connectivity index (χ4n) is 2.97. The second-order valence-corrected chi connectivity index (χ2v) is 11.0. The van der Waals surface area contributed by atoms with E-state index in [4.69, 9.17) is 23.3 Å². The normalized spacial score (nSPS) is 20.5. The van der Waals surface area contributed by atoms with E-state index in [-0.39, 0.29) is 19.6 Å². The highest BCUT2D eigenvalue weighted by Crippen LogP contribution is 2.53. The summed E-state index contributed by atoms with van der Waals surface area (Å²) in [6, 6.07) is 0. The van der Waals surface area contributed by atoms with Crippen LogP contribution < -0.4 is 5.09 Å². The molecule has 2 atom stereocenters. The van der Waals surface area contributed by atoms with Crippen LogP contribution in [-0.2, 0) is 37.4 Å². The molecule has 12 nitrogen and oxygen atoms in total. The molecule has 0 aromatic rings. The van der Waals surface area contributed by atoms with Gasteiger partial charge in [0.25, 0.3) is 0 Å². The van der Waals surface area contributed by atoms with Crippen molar-refractivity contribution in [2.75, 3.05) is 20.3 Å². The van der Waals surface area contributed by atoms with Gasteiger partial charge in [-0.1, -0.05) is 0 Å². The SMILES string of the molecule is CCOP(=O)(NC(=O)[C@@H]1CC1(C(=O)OC)N(C(=O)OC(C)(C)C)C(=O)OC(C)(C)C)OCC. The predicted octanol–water partition coefficient (Wildman–Crippen LogP) is 3.39. The highest BCUT2D eigenvalue weighted by atomic mass is 31.2. The van der Waals surface area contributed by atoms with E-state index in [2.05, 4.69) is 5.09 Å². The van der Waals surface area contributed by atoms with Crippen LogP contribution in [0.4, 0.5) is 9.59 Å². The number of hydrogen-bond donors (Lipinski definition) is 1. The van der Waals surface area contributed by atoms with Crippen molar-refractivity contribution in [3.8, 4) is 0 Å². The van der Waals surface area contributed by atoms with Crippen molar-refractivity contribution < 1.29 is 47.0 Å². The zero-order valence-corrected chi connectivity index (χ0v) is 21.6. The average Bonchev–Trinajstić information content (AvgIpc) is 3.34. The first-order valence-corrected chi connectivity index (χ1v) is 12.1. The summed E-state index contributed by atoms with van der Waals surface area (Å²) < 4.78 is 38.3. The molecule has 1 N–H and O–H groups in total. The summed E-state index contributed by atoms with van der Waals surface area (Å²) in [7, 11) is -2.98. The van der Waals surface area contributed by atoms with Gasteiger partial charge in [-0.05, 0) is 61.8 Å². The quantitative estimate of drug-likeness (QED) is 0.302. The van der Waals surface area contributed by atoms with Crippen LogP contribution in [0.1, 0.15) is 61.8 Å². The van der Waals surface area contributed by atoms with Crippen molar-refractivity contribution >= 4 is 31.8 Å². The first kappa shape index (κ1) is 28.9. The summed E-state index contributed by atoms with van der Waals surface area (Å²) in [6.45, 7) is 12.5. The second-order valence-electron chi connectivity index (χ2n) is 9.28. The molecule has 1 fully saturated rings. The molecule has 190 valence electrons. The number of esters is 1. The Morgan fingerprint density at radius 2 is 1.36 bits per heavy atom.